The van der Waals surface area contributed by atoms with Gasteiger partial charge < -0.3 is 0 Å². The highest BCUT2D eigenvalue weighted by molar-refractivity contribution is 5.40. The van der Waals surface area contributed by atoms with Crippen molar-refractivity contribution in [2.24, 2.45) is 33.5 Å². The van der Waals surface area contributed by atoms with Crippen molar-refractivity contribution in [1.29, 1.82) is 0 Å². The van der Waals surface area contributed by atoms with E-state index < -0.39 is 0 Å². The topological polar surface area (TPSA) is 0 Å². The lowest BCUT2D eigenvalue weighted by atomic mass is 9.61. The zero-order valence-electron chi connectivity index (χ0n) is 10.7. The summed E-state index contributed by atoms with van der Waals surface area (Å²) in [5.74, 6) is 2.20. The Morgan fingerprint density at radius 3 is 2.27 bits per heavy atom. The summed E-state index contributed by atoms with van der Waals surface area (Å²) in [6, 6.07) is 0. The average Bonchev–Trinajstić information content (AvgIpc) is 2.40. The average molecular weight is 204 g/mol. The Bertz CT molecular complexity index is 347. The van der Waals surface area contributed by atoms with Crippen LogP contribution in [0.5, 0.6) is 0 Å². The van der Waals surface area contributed by atoms with Gasteiger partial charge in [-0.05, 0) is 59.2 Å². The first kappa shape index (κ1) is 9.07. The van der Waals surface area contributed by atoms with Gasteiger partial charge in [0, 0.05) is 0 Å². The molecule has 0 N–H and O–H groups in total. The molecule has 4 unspecified atom stereocenters. The molecule has 4 atom stereocenters. The van der Waals surface area contributed by atoms with Gasteiger partial charge in [-0.1, -0.05) is 34.1 Å². The fourth-order valence-corrected chi connectivity index (χ4v) is 7.21. The number of rotatable bonds is 0. The van der Waals surface area contributed by atoms with E-state index in [1.807, 2.05) is 0 Å². The molecule has 0 nitrogen and oxygen atoms in total. The lowest BCUT2D eigenvalue weighted by Gasteiger charge is -2.43. The largest absolute Gasteiger partial charge is 0.0593 e. The highest BCUT2D eigenvalue weighted by Gasteiger charge is 2.93. The van der Waals surface area contributed by atoms with Gasteiger partial charge in [-0.2, -0.15) is 0 Å². The fourth-order valence-electron chi connectivity index (χ4n) is 7.21. The summed E-state index contributed by atoms with van der Waals surface area (Å²) >= 11 is 0. The highest BCUT2D eigenvalue weighted by atomic mass is 15.0. The molecule has 0 heterocycles. The van der Waals surface area contributed by atoms with Gasteiger partial charge in [0.25, 0.3) is 0 Å². The number of hydrogen-bond acceptors (Lipinski definition) is 0. The minimum absolute atomic E-state index is 0.651. The van der Waals surface area contributed by atoms with Crippen LogP contribution in [0.4, 0.5) is 0 Å². The lowest BCUT2D eigenvalue weighted by molar-refractivity contribution is 0.0518. The van der Waals surface area contributed by atoms with Crippen molar-refractivity contribution in [3.8, 4) is 0 Å². The van der Waals surface area contributed by atoms with E-state index in [9.17, 15) is 0 Å². The second-order valence-corrected chi connectivity index (χ2v) is 8.09. The molecule has 0 radical (unpaired) electrons. The van der Waals surface area contributed by atoms with E-state index in [2.05, 4.69) is 27.7 Å². The van der Waals surface area contributed by atoms with E-state index in [-0.39, 0.29) is 0 Å². The Morgan fingerprint density at radius 2 is 1.67 bits per heavy atom. The van der Waals surface area contributed by atoms with Crippen LogP contribution >= 0.6 is 0 Å². The second-order valence-electron chi connectivity index (χ2n) is 8.09. The standard InChI is InChI=1S/C15H24/c1-12(2)6-5-7-14-11-8-10(13(14,3)4)9-15(11,12)14/h10-11H,5-9H2,1-4H3. The molecule has 4 bridgehead atoms. The van der Waals surface area contributed by atoms with Crippen LogP contribution in [0.2, 0.25) is 0 Å². The maximum Gasteiger partial charge on any atom is -0.0145 e. The van der Waals surface area contributed by atoms with Gasteiger partial charge in [0.2, 0.25) is 0 Å². The van der Waals surface area contributed by atoms with E-state index in [0.29, 0.717) is 10.8 Å². The van der Waals surface area contributed by atoms with Crippen molar-refractivity contribution in [2.75, 3.05) is 0 Å². The maximum atomic E-state index is 2.59. The monoisotopic (exact) mass is 204 g/mol. The van der Waals surface area contributed by atoms with Crippen molar-refractivity contribution in [3.05, 3.63) is 0 Å². The molecule has 84 valence electrons. The third-order valence-electron chi connectivity index (χ3n) is 7.74. The minimum atomic E-state index is 0.651. The minimum Gasteiger partial charge on any atom is -0.0593 e. The summed E-state index contributed by atoms with van der Waals surface area (Å²) in [4.78, 5) is 0. The normalized spacial score (nSPS) is 61.6. The van der Waals surface area contributed by atoms with E-state index >= 15 is 0 Å². The SMILES string of the molecule is CC1(C)CCCC23C4CC(CC412)C3(C)C. The predicted octanol–water partition coefficient (Wildman–Crippen LogP) is 4.25. The van der Waals surface area contributed by atoms with Gasteiger partial charge in [-0.25, -0.2) is 0 Å². The van der Waals surface area contributed by atoms with Gasteiger partial charge in [0.15, 0.2) is 0 Å². The van der Waals surface area contributed by atoms with Crippen LogP contribution in [-0.4, -0.2) is 0 Å². The highest BCUT2D eigenvalue weighted by Crippen LogP contribution is 2.99. The van der Waals surface area contributed by atoms with Crippen molar-refractivity contribution in [3.63, 3.8) is 0 Å². The molecule has 5 fully saturated rings. The van der Waals surface area contributed by atoms with E-state index in [4.69, 9.17) is 0 Å². The van der Waals surface area contributed by atoms with Gasteiger partial charge >= 0.3 is 0 Å². The Balaban J connectivity index is 1.94. The predicted molar refractivity (Wildman–Crippen MR) is 62.5 cm³/mol. The Morgan fingerprint density at radius 1 is 0.933 bits per heavy atom. The molecule has 5 aliphatic carbocycles. The Labute approximate surface area is 93.8 Å². The van der Waals surface area contributed by atoms with Crippen molar-refractivity contribution < 1.29 is 0 Å². The van der Waals surface area contributed by atoms with Crippen LogP contribution in [0.3, 0.4) is 0 Å². The first-order valence-corrected chi connectivity index (χ1v) is 6.90. The van der Waals surface area contributed by atoms with Crippen LogP contribution in [-0.2, 0) is 0 Å². The summed E-state index contributed by atoms with van der Waals surface area (Å²) in [6.07, 6.45) is 7.72. The molecule has 0 aromatic rings. The summed E-state index contributed by atoms with van der Waals surface area (Å²) in [5.41, 5.74) is 2.92. The van der Waals surface area contributed by atoms with Gasteiger partial charge in [-0.15, -0.1) is 0 Å². The first-order chi connectivity index (χ1) is 6.90. The molecule has 5 saturated carbocycles. The summed E-state index contributed by atoms with van der Waals surface area (Å²) in [6.45, 7) is 10.3. The van der Waals surface area contributed by atoms with Crippen molar-refractivity contribution in [1.82, 2.24) is 0 Å². The fraction of sp³-hybridized carbons (Fsp3) is 1.00. The smallest absolute Gasteiger partial charge is 0.0145 e. The van der Waals surface area contributed by atoms with Crippen LogP contribution < -0.4 is 0 Å². The van der Waals surface area contributed by atoms with Crippen LogP contribution in [0.25, 0.3) is 0 Å². The summed E-state index contributed by atoms with van der Waals surface area (Å²) in [7, 11) is 0. The maximum absolute atomic E-state index is 2.59. The van der Waals surface area contributed by atoms with Crippen molar-refractivity contribution >= 4 is 0 Å². The molecule has 5 rings (SSSR count). The molecule has 0 aliphatic heterocycles. The molecule has 0 amide bonds. The molecular formula is C15H24. The first-order valence-electron chi connectivity index (χ1n) is 6.90. The van der Waals surface area contributed by atoms with Crippen LogP contribution in [0.15, 0.2) is 0 Å². The molecule has 0 aromatic carbocycles. The van der Waals surface area contributed by atoms with Crippen molar-refractivity contribution in [2.45, 2.75) is 59.8 Å². The Hall–Kier alpha value is 0. The van der Waals surface area contributed by atoms with E-state index in [1.54, 1.807) is 19.3 Å². The zero-order chi connectivity index (χ0) is 10.7. The van der Waals surface area contributed by atoms with Crippen LogP contribution in [0.1, 0.15) is 59.8 Å². The second kappa shape index (κ2) is 1.93. The number of hydrogen-bond donors (Lipinski definition) is 0. The molecule has 5 aliphatic rings. The molecular weight excluding hydrogens is 180 g/mol. The summed E-state index contributed by atoms with van der Waals surface area (Å²) < 4.78 is 0. The van der Waals surface area contributed by atoms with Gasteiger partial charge in [-0.3, -0.25) is 0 Å². The Kier molecular flexibility index (Phi) is 1.17. The molecule has 0 saturated heterocycles. The quantitative estimate of drug-likeness (QED) is 0.553. The summed E-state index contributed by atoms with van der Waals surface area (Å²) in [5, 5.41) is 0. The third-order valence-corrected chi connectivity index (χ3v) is 7.74. The molecule has 0 heteroatoms. The van der Waals surface area contributed by atoms with E-state index in [1.165, 1.54) is 12.8 Å². The van der Waals surface area contributed by atoms with Crippen LogP contribution in [0, 0.1) is 33.5 Å². The third kappa shape index (κ3) is 0.560. The van der Waals surface area contributed by atoms with Gasteiger partial charge in [0.1, 0.15) is 0 Å². The molecule has 15 heavy (non-hydrogen) atoms. The van der Waals surface area contributed by atoms with Gasteiger partial charge in [0.05, 0.1) is 0 Å². The van der Waals surface area contributed by atoms with E-state index in [0.717, 1.165) is 22.7 Å². The zero-order valence-corrected chi connectivity index (χ0v) is 10.7. The lowest BCUT2D eigenvalue weighted by Crippen LogP contribution is -2.36. The molecule has 0 aromatic heterocycles. The molecule has 2 spiro atoms.